The number of ether oxygens (including phenoxy) is 1. The zero-order valence-electron chi connectivity index (χ0n) is 8.93. The van der Waals surface area contributed by atoms with Gasteiger partial charge in [-0.3, -0.25) is 9.59 Å². The molecule has 0 saturated heterocycles. The molecule has 1 aromatic heterocycles. The van der Waals surface area contributed by atoms with Gasteiger partial charge in [0.05, 0.1) is 19.3 Å². The highest BCUT2D eigenvalue weighted by atomic mass is 16.5. The van der Waals surface area contributed by atoms with Crippen LogP contribution in [0, 0.1) is 5.92 Å². The molecular formula is C12H12O4. The molecule has 0 radical (unpaired) electrons. The Morgan fingerprint density at radius 3 is 2.94 bits per heavy atom. The number of hydrogen-bond donors (Lipinski definition) is 0. The van der Waals surface area contributed by atoms with E-state index in [1.165, 1.54) is 13.4 Å². The topological polar surface area (TPSA) is 56.5 Å². The standard InChI is InChI=1S/C12H12O4/c1-15-12(14)9-5-2-4-8(9)11(13)10-6-3-7-16-10/h3-4,6-7,9H,2,5H2,1H3/t9-/m1/s1. The Kier molecular flexibility index (Phi) is 2.90. The molecule has 4 nitrogen and oxygen atoms in total. The Hall–Kier alpha value is -1.84. The summed E-state index contributed by atoms with van der Waals surface area (Å²) in [7, 11) is 1.33. The van der Waals surface area contributed by atoms with Gasteiger partial charge in [-0.25, -0.2) is 0 Å². The van der Waals surface area contributed by atoms with E-state index in [0.717, 1.165) is 6.42 Å². The molecule has 16 heavy (non-hydrogen) atoms. The summed E-state index contributed by atoms with van der Waals surface area (Å²) in [4.78, 5) is 23.4. The minimum Gasteiger partial charge on any atom is -0.469 e. The zero-order valence-corrected chi connectivity index (χ0v) is 8.93. The molecule has 4 heteroatoms. The first kappa shape index (κ1) is 10.7. The monoisotopic (exact) mass is 220 g/mol. The average Bonchev–Trinajstić information content (AvgIpc) is 2.97. The van der Waals surface area contributed by atoms with E-state index in [-0.39, 0.29) is 17.5 Å². The summed E-state index contributed by atoms with van der Waals surface area (Å²) in [6.45, 7) is 0. The number of hydrogen-bond acceptors (Lipinski definition) is 4. The van der Waals surface area contributed by atoms with Crippen molar-refractivity contribution in [2.75, 3.05) is 7.11 Å². The summed E-state index contributed by atoms with van der Waals surface area (Å²) >= 11 is 0. The van der Waals surface area contributed by atoms with Gasteiger partial charge in [0.15, 0.2) is 5.76 Å². The van der Waals surface area contributed by atoms with E-state index in [2.05, 4.69) is 4.74 Å². The molecule has 0 aromatic carbocycles. The second-order valence-electron chi connectivity index (χ2n) is 3.62. The number of esters is 1. The molecule has 0 saturated carbocycles. The average molecular weight is 220 g/mol. The van der Waals surface area contributed by atoms with Crippen LogP contribution in [0.25, 0.3) is 0 Å². The molecule has 0 spiro atoms. The van der Waals surface area contributed by atoms with Gasteiger partial charge >= 0.3 is 5.97 Å². The molecule has 1 aromatic rings. The van der Waals surface area contributed by atoms with Crippen molar-refractivity contribution in [1.82, 2.24) is 0 Å². The summed E-state index contributed by atoms with van der Waals surface area (Å²) in [5, 5.41) is 0. The molecular weight excluding hydrogens is 208 g/mol. The van der Waals surface area contributed by atoms with Gasteiger partial charge in [0.1, 0.15) is 0 Å². The zero-order chi connectivity index (χ0) is 11.5. The van der Waals surface area contributed by atoms with E-state index >= 15 is 0 Å². The van der Waals surface area contributed by atoms with Gasteiger partial charge in [-0.05, 0) is 25.0 Å². The van der Waals surface area contributed by atoms with Crippen LogP contribution in [0.2, 0.25) is 0 Å². The predicted molar refractivity (Wildman–Crippen MR) is 55.9 cm³/mol. The van der Waals surface area contributed by atoms with Crippen LogP contribution in [0.1, 0.15) is 23.4 Å². The normalized spacial score (nSPS) is 19.3. The molecule has 1 aliphatic carbocycles. The number of allylic oxidation sites excluding steroid dienone is 1. The Balaban J connectivity index is 2.21. The maximum absolute atomic E-state index is 12.0. The lowest BCUT2D eigenvalue weighted by Crippen LogP contribution is -2.20. The molecule has 2 rings (SSSR count). The highest BCUT2D eigenvalue weighted by molar-refractivity contribution is 6.10. The number of Topliss-reactive ketones (excluding diaryl/α,β-unsaturated/α-hetero) is 1. The number of carbonyl (C=O) groups is 2. The molecule has 0 fully saturated rings. The summed E-state index contributed by atoms with van der Waals surface area (Å²) in [5.41, 5.74) is 0.488. The summed E-state index contributed by atoms with van der Waals surface area (Å²) in [6, 6.07) is 3.24. The number of methoxy groups -OCH3 is 1. The van der Waals surface area contributed by atoms with Crippen molar-refractivity contribution in [3.05, 3.63) is 35.8 Å². The highest BCUT2D eigenvalue weighted by Gasteiger charge is 2.32. The first-order chi connectivity index (χ1) is 7.74. The fourth-order valence-corrected chi connectivity index (χ4v) is 1.89. The quantitative estimate of drug-likeness (QED) is 0.577. The van der Waals surface area contributed by atoms with Crippen molar-refractivity contribution >= 4 is 11.8 Å². The van der Waals surface area contributed by atoms with Crippen molar-refractivity contribution in [3.63, 3.8) is 0 Å². The lowest BCUT2D eigenvalue weighted by Gasteiger charge is -2.10. The molecule has 0 unspecified atom stereocenters. The van der Waals surface area contributed by atoms with Crippen LogP contribution < -0.4 is 0 Å². The van der Waals surface area contributed by atoms with Crippen molar-refractivity contribution in [1.29, 1.82) is 0 Å². The summed E-state index contributed by atoms with van der Waals surface area (Å²) < 4.78 is 9.70. The molecule has 0 amide bonds. The Bertz CT molecular complexity index is 428. The molecule has 1 aliphatic rings. The van der Waals surface area contributed by atoms with Crippen LogP contribution >= 0.6 is 0 Å². The second-order valence-corrected chi connectivity index (χ2v) is 3.62. The highest BCUT2D eigenvalue weighted by Crippen LogP contribution is 2.29. The van der Waals surface area contributed by atoms with Crippen LogP contribution in [0.15, 0.2) is 34.5 Å². The Labute approximate surface area is 92.9 Å². The van der Waals surface area contributed by atoms with E-state index in [9.17, 15) is 9.59 Å². The maximum atomic E-state index is 12.0. The van der Waals surface area contributed by atoms with Crippen LogP contribution in [0.3, 0.4) is 0 Å². The summed E-state index contributed by atoms with van der Waals surface area (Å²) in [5.74, 6) is -0.758. The number of carbonyl (C=O) groups excluding carboxylic acids is 2. The Morgan fingerprint density at radius 1 is 1.50 bits per heavy atom. The number of furan rings is 1. The summed E-state index contributed by atoms with van der Waals surface area (Å²) in [6.07, 6.45) is 4.58. The number of ketones is 1. The fourth-order valence-electron chi connectivity index (χ4n) is 1.89. The number of rotatable bonds is 3. The molecule has 1 atom stereocenters. The minimum absolute atomic E-state index is 0.224. The van der Waals surface area contributed by atoms with Crippen LogP contribution in [-0.4, -0.2) is 18.9 Å². The van der Waals surface area contributed by atoms with Crippen LogP contribution in [-0.2, 0) is 9.53 Å². The van der Waals surface area contributed by atoms with Crippen LogP contribution in [0.5, 0.6) is 0 Å². The van der Waals surface area contributed by atoms with Gasteiger partial charge in [-0.1, -0.05) is 6.08 Å². The fraction of sp³-hybridized carbons (Fsp3) is 0.333. The maximum Gasteiger partial charge on any atom is 0.313 e. The van der Waals surface area contributed by atoms with E-state index in [0.29, 0.717) is 12.0 Å². The molecule has 84 valence electrons. The minimum atomic E-state index is -0.442. The molecule has 0 bridgehead atoms. The smallest absolute Gasteiger partial charge is 0.313 e. The van der Waals surface area contributed by atoms with E-state index in [1.54, 1.807) is 18.2 Å². The van der Waals surface area contributed by atoms with E-state index in [4.69, 9.17) is 4.42 Å². The third kappa shape index (κ3) is 1.78. The first-order valence-electron chi connectivity index (χ1n) is 5.10. The van der Waals surface area contributed by atoms with E-state index < -0.39 is 5.92 Å². The molecule has 1 heterocycles. The predicted octanol–water partition coefficient (Wildman–Crippen LogP) is 1.97. The van der Waals surface area contributed by atoms with Gasteiger partial charge in [-0.2, -0.15) is 0 Å². The molecule has 0 N–H and O–H groups in total. The van der Waals surface area contributed by atoms with Crippen molar-refractivity contribution < 1.29 is 18.7 Å². The third-order valence-electron chi connectivity index (χ3n) is 2.69. The lowest BCUT2D eigenvalue weighted by molar-refractivity contribution is -0.143. The van der Waals surface area contributed by atoms with Crippen molar-refractivity contribution in [2.45, 2.75) is 12.8 Å². The second kappa shape index (κ2) is 4.35. The van der Waals surface area contributed by atoms with E-state index in [1.807, 2.05) is 0 Å². The van der Waals surface area contributed by atoms with Gasteiger partial charge in [0.25, 0.3) is 0 Å². The van der Waals surface area contributed by atoms with Crippen molar-refractivity contribution in [3.8, 4) is 0 Å². The molecule has 0 aliphatic heterocycles. The SMILES string of the molecule is COC(=O)[C@@H]1CCC=C1C(=O)c1ccco1. The van der Waals surface area contributed by atoms with Gasteiger partial charge in [0, 0.05) is 5.57 Å². The largest absolute Gasteiger partial charge is 0.469 e. The van der Waals surface area contributed by atoms with Crippen molar-refractivity contribution in [2.24, 2.45) is 5.92 Å². The van der Waals surface area contributed by atoms with Gasteiger partial charge in [0.2, 0.25) is 5.78 Å². The first-order valence-corrected chi connectivity index (χ1v) is 5.10. The van der Waals surface area contributed by atoms with Gasteiger partial charge in [-0.15, -0.1) is 0 Å². The van der Waals surface area contributed by atoms with Crippen LogP contribution in [0.4, 0.5) is 0 Å². The lowest BCUT2D eigenvalue weighted by atomic mass is 9.97. The third-order valence-corrected chi connectivity index (χ3v) is 2.69. The Morgan fingerprint density at radius 2 is 2.31 bits per heavy atom. The van der Waals surface area contributed by atoms with Gasteiger partial charge < -0.3 is 9.15 Å².